The SMILES string of the molecule is N#C/C(=C/c1ccc(-c2cc(Cl)c(Br)c([N+](=O)[O-])c2)o1)C(=O)Nc1ccccc1F. The molecule has 0 atom stereocenters. The van der Waals surface area contributed by atoms with Crippen LogP contribution in [-0.2, 0) is 4.79 Å². The smallest absolute Gasteiger partial charge is 0.285 e. The molecule has 3 aromatic rings. The molecule has 0 spiro atoms. The fourth-order valence-electron chi connectivity index (χ4n) is 2.48. The highest BCUT2D eigenvalue weighted by Crippen LogP contribution is 2.37. The Labute approximate surface area is 182 Å². The molecule has 30 heavy (non-hydrogen) atoms. The third-order valence-electron chi connectivity index (χ3n) is 3.89. The molecule has 0 saturated heterocycles. The summed E-state index contributed by atoms with van der Waals surface area (Å²) in [6, 6.07) is 13.0. The van der Waals surface area contributed by atoms with Crippen molar-refractivity contribution in [2.75, 3.05) is 5.32 Å². The highest BCUT2D eigenvalue weighted by molar-refractivity contribution is 9.10. The van der Waals surface area contributed by atoms with Crippen LogP contribution in [-0.4, -0.2) is 10.8 Å². The summed E-state index contributed by atoms with van der Waals surface area (Å²) < 4.78 is 19.4. The summed E-state index contributed by atoms with van der Waals surface area (Å²) in [6.07, 6.45) is 1.18. The molecule has 150 valence electrons. The van der Waals surface area contributed by atoms with Gasteiger partial charge in [0.1, 0.15) is 33.5 Å². The number of carbonyl (C=O) groups is 1. The van der Waals surface area contributed by atoms with E-state index in [2.05, 4.69) is 21.2 Å². The lowest BCUT2D eigenvalue weighted by Crippen LogP contribution is -2.14. The largest absolute Gasteiger partial charge is 0.457 e. The van der Waals surface area contributed by atoms with Crippen molar-refractivity contribution < 1.29 is 18.5 Å². The molecular formula is C20H10BrClFN3O4. The van der Waals surface area contributed by atoms with Gasteiger partial charge in [-0.15, -0.1) is 0 Å². The quantitative estimate of drug-likeness (QED) is 0.205. The standard InChI is InChI=1S/C20H10BrClFN3O4/c21-19-14(22)8-11(9-17(19)26(28)29)18-6-5-13(30-18)7-12(10-24)20(27)25-16-4-2-1-3-15(16)23/h1-9H,(H,25,27)/b12-7-. The van der Waals surface area contributed by atoms with Gasteiger partial charge in [0, 0.05) is 17.7 Å². The summed E-state index contributed by atoms with van der Waals surface area (Å²) in [5.41, 5.74) is -0.295. The van der Waals surface area contributed by atoms with Crippen LogP contribution >= 0.6 is 27.5 Å². The second-order valence-corrected chi connectivity index (χ2v) is 7.05. The van der Waals surface area contributed by atoms with Gasteiger partial charge in [-0.05, 0) is 46.3 Å². The number of nitrogens with one attached hydrogen (secondary N) is 1. The first-order valence-corrected chi connectivity index (χ1v) is 9.38. The Bertz CT molecular complexity index is 1230. The van der Waals surface area contributed by atoms with Gasteiger partial charge in [-0.1, -0.05) is 23.7 Å². The summed E-state index contributed by atoms with van der Waals surface area (Å²) in [5.74, 6) is -1.07. The molecule has 0 bridgehead atoms. The van der Waals surface area contributed by atoms with Crippen molar-refractivity contribution >= 4 is 50.9 Å². The fourth-order valence-corrected chi connectivity index (χ4v) is 3.07. The zero-order chi connectivity index (χ0) is 21.8. The van der Waals surface area contributed by atoms with Gasteiger partial charge in [-0.25, -0.2) is 4.39 Å². The van der Waals surface area contributed by atoms with Gasteiger partial charge in [0.2, 0.25) is 0 Å². The molecule has 3 rings (SSSR count). The fraction of sp³-hybridized carbons (Fsp3) is 0. The number of nitro groups is 1. The van der Waals surface area contributed by atoms with Crippen molar-refractivity contribution in [1.82, 2.24) is 0 Å². The number of halogens is 3. The molecule has 10 heteroatoms. The molecule has 1 heterocycles. The third-order valence-corrected chi connectivity index (χ3v) is 5.25. The number of hydrogen-bond acceptors (Lipinski definition) is 5. The first-order chi connectivity index (χ1) is 14.3. The molecule has 0 radical (unpaired) electrons. The molecule has 0 aliphatic carbocycles. The van der Waals surface area contributed by atoms with Gasteiger partial charge < -0.3 is 9.73 Å². The van der Waals surface area contributed by atoms with E-state index in [1.165, 1.54) is 54.6 Å². The second kappa shape index (κ2) is 8.90. The topological polar surface area (TPSA) is 109 Å². The lowest BCUT2D eigenvalue weighted by atomic mass is 10.1. The summed E-state index contributed by atoms with van der Waals surface area (Å²) in [4.78, 5) is 22.8. The van der Waals surface area contributed by atoms with Gasteiger partial charge in [0.25, 0.3) is 11.6 Å². The van der Waals surface area contributed by atoms with Crippen LogP contribution in [0, 0.1) is 27.3 Å². The minimum Gasteiger partial charge on any atom is -0.457 e. The monoisotopic (exact) mass is 489 g/mol. The van der Waals surface area contributed by atoms with Gasteiger partial charge in [0.15, 0.2) is 0 Å². The number of anilines is 1. The number of furan rings is 1. The predicted molar refractivity (Wildman–Crippen MR) is 112 cm³/mol. The Morgan fingerprint density at radius 2 is 2.03 bits per heavy atom. The van der Waals surface area contributed by atoms with Crippen LogP contribution in [0.2, 0.25) is 5.02 Å². The van der Waals surface area contributed by atoms with E-state index in [1.54, 1.807) is 6.07 Å². The number of nitro benzene ring substituents is 1. The Morgan fingerprint density at radius 1 is 1.30 bits per heavy atom. The molecule has 7 nitrogen and oxygen atoms in total. The number of nitrogens with zero attached hydrogens (tertiary/aromatic N) is 2. The van der Waals surface area contributed by atoms with Crippen molar-refractivity contribution in [3.05, 3.63) is 85.3 Å². The van der Waals surface area contributed by atoms with Gasteiger partial charge in [-0.3, -0.25) is 14.9 Å². The van der Waals surface area contributed by atoms with Crippen molar-refractivity contribution in [2.24, 2.45) is 0 Å². The number of rotatable bonds is 5. The maximum Gasteiger partial charge on any atom is 0.285 e. The number of para-hydroxylation sites is 1. The number of nitriles is 1. The van der Waals surface area contributed by atoms with Crippen LogP contribution in [0.25, 0.3) is 17.4 Å². The zero-order valence-corrected chi connectivity index (χ0v) is 17.2. The Morgan fingerprint density at radius 3 is 2.70 bits per heavy atom. The first kappa shape index (κ1) is 21.2. The normalized spacial score (nSPS) is 11.1. The molecule has 1 amide bonds. The molecule has 1 N–H and O–H groups in total. The summed E-state index contributed by atoms with van der Waals surface area (Å²) in [7, 11) is 0. The Balaban J connectivity index is 1.89. The Kier molecular flexibility index (Phi) is 6.30. The summed E-state index contributed by atoms with van der Waals surface area (Å²) >= 11 is 9.09. The molecule has 0 aliphatic heterocycles. The second-order valence-electron chi connectivity index (χ2n) is 5.85. The van der Waals surface area contributed by atoms with E-state index in [0.717, 1.165) is 0 Å². The highest BCUT2D eigenvalue weighted by Gasteiger charge is 2.19. The average Bonchev–Trinajstić information content (AvgIpc) is 3.18. The van der Waals surface area contributed by atoms with E-state index in [1.807, 2.05) is 0 Å². The molecule has 0 saturated carbocycles. The lowest BCUT2D eigenvalue weighted by Gasteiger charge is -2.04. The van der Waals surface area contributed by atoms with Gasteiger partial charge in [0.05, 0.1) is 15.6 Å². The molecule has 0 aliphatic rings. The van der Waals surface area contributed by atoms with E-state index >= 15 is 0 Å². The minimum absolute atomic E-state index is 0.0689. The van der Waals surface area contributed by atoms with E-state index < -0.39 is 16.6 Å². The number of carbonyl (C=O) groups excluding carboxylic acids is 1. The van der Waals surface area contributed by atoms with Crippen molar-refractivity contribution in [3.8, 4) is 17.4 Å². The van der Waals surface area contributed by atoms with E-state index in [-0.39, 0.29) is 38.0 Å². The molecule has 2 aromatic carbocycles. The maximum absolute atomic E-state index is 13.7. The van der Waals surface area contributed by atoms with Crippen molar-refractivity contribution in [3.63, 3.8) is 0 Å². The van der Waals surface area contributed by atoms with Gasteiger partial charge >= 0.3 is 0 Å². The minimum atomic E-state index is -0.817. The van der Waals surface area contributed by atoms with Crippen molar-refractivity contribution in [1.29, 1.82) is 5.26 Å². The van der Waals surface area contributed by atoms with E-state index in [4.69, 9.17) is 16.0 Å². The van der Waals surface area contributed by atoms with Crippen LogP contribution in [0.1, 0.15) is 5.76 Å². The zero-order valence-electron chi connectivity index (χ0n) is 14.9. The summed E-state index contributed by atoms with van der Waals surface area (Å²) in [6.45, 7) is 0. The third kappa shape index (κ3) is 4.56. The summed E-state index contributed by atoms with van der Waals surface area (Å²) in [5, 5.41) is 22.9. The Hall–Kier alpha value is -3.48. The van der Waals surface area contributed by atoms with Crippen LogP contribution in [0.3, 0.4) is 0 Å². The number of hydrogen-bond donors (Lipinski definition) is 1. The van der Waals surface area contributed by atoms with Crippen molar-refractivity contribution in [2.45, 2.75) is 0 Å². The first-order valence-electron chi connectivity index (χ1n) is 8.21. The number of benzene rings is 2. The molecule has 0 fully saturated rings. The maximum atomic E-state index is 13.7. The number of amides is 1. The van der Waals surface area contributed by atoms with Gasteiger partial charge in [-0.2, -0.15) is 5.26 Å². The highest BCUT2D eigenvalue weighted by atomic mass is 79.9. The van der Waals surface area contributed by atoms with Crippen LogP contribution < -0.4 is 5.32 Å². The van der Waals surface area contributed by atoms with Crippen LogP contribution in [0.5, 0.6) is 0 Å². The van der Waals surface area contributed by atoms with E-state index in [0.29, 0.717) is 5.56 Å². The van der Waals surface area contributed by atoms with E-state index in [9.17, 15) is 24.6 Å². The lowest BCUT2D eigenvalue weighted by molar-refractivity contribution is -0.385. The molecular weight excluding hydrogens is 481 g/mol. The average molecular weight is 491 g/mol. The predicted octanol–water partition coefficient (Wildman–Crippen LogP) is 5.96. The van der Waals surface area contributed by atoms with Crippen LogP contribution in [0.4, 0.5) is 15.8 Å². The molecule has 1 aromatic heterocycles. The van der Waals surface area contributed by atoms with Crippen LogP contribution in [0.15, 0.2) is 63.0 Å². The molecule has 0 unspecified atom stereocenters.